The van der Waals surface area contributed by atoms with Crippen molar-refractivity contribution < 1.29 is 37.3 Å². The van der Waals surface area contributed by atoms with Gasteiger partial charge in [0.2, 0.25) is 0 Å². The van der Waals surface area contributed by atoms with Crippen molar-refractivity contribution >= 4 is 33.0 Å². The first kappa shape index (κ1) is 56.5. The largest absolute Gasteiger partial charge is 0.497 e. The summed E-state index contributed by atoms with van der Waals surface area (Å²) in [6.07, 6.45) is 8.17. The molecule has 1 unspecified atom stereocenters. The predicted molar refractivity (Wildman–Crippen MR) is 284 cm³/mol. The minimum Gasteiger partial charge on any atom is -0.497 e. The summed E-state index contributed by atoms with van der Waals surface area (Å²) in [5, 5.41) is 2.03. The summed E-state index contributed by atoms with van der Waals surface area (Å²) in [6.45, 7) is 29.7. The Morgan fingerprint density at radius 1 is 0.779 bits per heavy atom. The second-order valence-electron chi connectivity index (χ2n) is 21.1. The number of ether oxygens (including phenoxy) is 5. The number of benzene rings is 3. The van der Waals surface area contributed by atoms with Gasteiger partial charge >= 0.3 is 5.97 Å². The Hall–Kier alpha value is -4.14. The van der Waals surface area contributed by atoms with E-state index in [0.29, 0.717) is 48.5 Å². The zero-order chi connectivity index (χ0) is 50.1. The Balaban J connectivity index is 1.80. The Bertz CT molecular complexity index is 2120. The molecule has 3 aromatic rings. The second kappa shape index (κ2) is 26.2. The first-order valence-electron chi connectivity index (χ1n) is 24.8. The van der Waals surface area contributed by atoms with Crippen LogP contribution in [0, 0.1) is 41.4 Å². The highest BCUT2D eigenvalue weighted by Gasteiger charge is 2.52. The van der Waals surface area contributed by atoms with Gasteiger partial charge in [-0.05, 0) is 103 Å². The monoisotopic (exact) mass is 965 g/mol. The molecule has 372 valence electrons. The van der Waals surface area contributed by atoms with Gasteiger partial charge in [0.1, 0.15) is 23.2 Å². The summed E-state index contributed by atoms with van der Waals surface area (Å²) in [4.78, 5) is 15.2. The lowest BCUT2D eigenvalue weighted by atomic mass is 9.86. The van der Waals surface area contributed by atoms with E-state index < -0.39 is 28.7 Å². The zero-order valence-electron chi connectivity index (χ0n) is 44.3. The standard InChI is InChI=1S/C58H84O8Si2/c1-16-18-30-43(3)51(65-68(58(9,10)11,48-32-22-20-23-33-48)49-34-24-21-25-35-49)41-46-40-47(60-12)42-52(61-13)54(46)56(59)64-50(36-19-17-2)45(5)55(66-67(14,15)57(6,7)8)44(4)31-26-28-38-62-53-37-27-29-39-63-53/h20-26,28,32-35,40,42-45,50-51,53,55H,27,29-31,36-39,41H2,1-15H3/b28-26-/t43-,44+,45+,50-,51+,53?,55+/m0/s1. The van der Waals surface area contributed by atoms with E-state index in [-0.39, 0.29) is 46.3 Å². The van der Waals surface area contributed by atoms with Gasteiger partial charge in [0.25, 0.3) is 8.32 Å². The summed E-state index contributed by atoms with van der Waals surface area (Å²) in [7, 11) is -2.15. The Morgan fingerprint density at radius 3 is 1.93 bits per heavy atom. The van der Waals surface area contributed by atoms with Crippen LogP contribution in [0.1, 0.15) is 131 Å². The van der Waals surface area contributed by atoms with Crippen molar-refractivity contribution in [3.8, 4) is 35.2 Å². The Labute approximate surface area is 413 Å². The average Bonchev–Trinajstić information content (AvgIpc) is 3.31. The number of carbonyl (C=O) groups excluding carboxylic acids is 1. The van der Waals surface area contributed by atoms with Crippen LogP contribution in [0.15, 0.2) is 84.9 Å². The van der Waals surface area contributed by atoms with Gasteiger partial charge in [-0.3, -0.25) is 0 Å². The minimum absolute atomic E-state index is 0.0197. The molecule has 10 heteroatoms. The maximum absolute atomic E-state index is 15.2. The number of carbonyl (C=O) groups is 1. The smallest absolute Gasteiger partial charge is 0.342 e. The van der Waals surface area contributed by atoms with E-state index in [1.54, 1.807) is 20.3 Å². The highest BCUT2D eigenvalue weighted by Crippen LogP contribution is 2.42. The van der Waals surface area contributed by atoms with E-state index in [1.165, 1.54) is 10.4 Å². The van der Waals surface area contributed by atoms with E-state index in [4.69, 9.17) is 32.5 Å². The van der Waals surface area contributed by atoms with Crippen LogP contribution in [-0.4, -0.2) is 74.6 Å². The number of allylic oxidation sites excluding steroid dienone is 1. The molecular formula is C58H84O8Si2. The van der Waals surface area contributed by atoms with Gasteiger partial charge in [-0.1, -0.05) is 141 Å². The molecule has 0 amide bonds. The SMILES string of the molecule is CC#CC[C@H](OC(=O)c1c(C[C@@H](O[Si](c2ccccc2)(c2ccccc2)C(C)(C)C)[C@@H](C)CC#CC)cc(OC)cc1OC)[C@@H](C)[C@H](O[Si](C)(C)C(C)(C)C)[C@H](C)C/C=C\COC1CCCCO1. The van der Waals surface area contributed by atoms with Crippen LogP contribution in [-0.2, 0) is 29.5 Å². The van der Waals surface area contributed by atoms with E-state index in [2.05, 4.69) is 172 Å². The molecule has 0 N–H and O–H groups in total. The third kappa shape index (κ3) is 14.9. The lowest BCUT2D eigenvalue weighted by Crippen LogP contribution is -2.68. The summed E-state index contributed by atoms with van der Waals surface area (Å²) < 4.78 is 45.7. The van der Waals surface area contributed by atoms with E-state index in [9.17, 15) is 0 Å². The van der Waals surface area contributed by atoms with Gasteiger partial charge < -0.3 is 32.5 Å². The first-order valence-corrected chi connectivity index (χ1v) is 29.7. The topological polar surface area (TPSA) is 81.7 Å². The van der Waals surface area contributed by atoms with Crippen molar-refractivity contribution in [1.82, 2.24) is 0 Å². The fraction of sp³-hybridized carbons (Fsp3) is 0.569. The molecular weight excluding hydrogens is 881 g/mol. The molecule has 0 aliphatic carbocycles. The molecule has 1 heterocycles. The molecule has 0 spiro atoms. The van der Waals surface area contributed by atoms with Gasteiger partial charge in [0.15, 0.2) is 14.6 Å². The van der Waals surface area contributed by atoms with Crippen LogP contribution in [0.25, 0.3) is 0 Å². The molecule has 8 nitrogen and oxygen atoms in total. The van der Waals surface area contributed by atoms with E-state index in [0.717, 1.165) is 32.3 Å². The van der Waals surface area contributed by atoms with Crippen LogP contribution in [0.5, 0.6) is 11.5 Å². The highest BCUT2D eigenvalue weighted by molar-refractivity contribution is 6.99. The van der Waals surface area contributed by atoms with Crippen molar-refractivity contribution in [2.45, 2.75) is 169 Å². The molecule has 1 fully saturated rings. The number of hydrogen-bond acceptors (Lipinski definition) is 8. The molecule has 4 rings (SSSR count). The van der Waals surface area contributed by atoms with E-state index >= 15 is 4.79 Å². The third-order valence-electron chi connectivity index (χ3n) is 14.1. The number of hydrogen-bond donors (Lipinski definition) is 0. The van der Waals surface area contributed by atoms with Crippen LogP contribution < -0.4 is 19.8 Å². The second-order valence-corrected chi connectivity index (χ2v) is 30.1. The quantitative estimate of drug-likeness (QED) is 0.0402. The van der Waals surface area contributed by atoms with Crippen LogP contribution >= 0.6 is 0 Å². The van der Waals surface area contributed by atoms with Crippen molar-refractivity contribution in [2.75, 3.05) is 27.4 Å². The Kier molecular flexibility index (Phi) is 21.7. The number of methoxy groups -OCH3 is 2. The fourth-order valence-electron chi connectivity index (χ4n) is 8.93. The lowest BCUT2D eigenvalue weighted by molar-refractivity contribution is -0.155. The molecule has 1 saturated heterocycles. The van der Waals surface area contributed by atoms with Crippen LogP contribution in [0.2, 0.25) is 23.2 Å². The zero-order valence-corrected chi connectivity index (χ0v) is 46.3. The van der Waals surface area contributed by atoms with E-state index in [1.807, 2.05) is 19.9 Å². The van der Waals surface area contributed by atoms with Gasteiger partial charge in [-0.2, -0.15) is 0 Å². The molecule has 0 bridgehead atoms. The van der Waals surface area contributed by atoms with Crippen molar-refractivity contribution in [1.29, 1.82) is 0 Å². The fourth-order valence-corrected chi connectivity index (χ4v) is 15.2. The third-order valence-corrected chi connectivity index (χ3v) is 23.6. The molecule has 3 aromatic carbocycles. The molecule has 68 heavy (non-hydrogen) atoms. The molecule has 0 radical (unpaired) electrons. The number of rotatable bonds is 23. The van der Waals surface area contributed by atoms with Crippen LogP contribution in [0.4, 0.5) is 0 Å². The molecule has 1 aliphatic rings. The van der Waals surface area contributed by atoms with Crippen molar-refractivity contribution in [3.63, 3.8) is 0 Å². The molecule has 0 saturated carbocycles. The summed E-state index contributed by atoms with van der Waals surface area (Å²) in [6, 6.07) is 25.0. The minimum atomic E-state index is -3.06. The summed E-state index contributed by atoms with van der Waals surface area (Å²) in [5.41, 5.74) is 1.06. The van der Waals surface area contributed by atoms with Gasteiger partial charge in [-0.15, -0.1) is 17.8 Å². The average molecular weight is 965 g/mol. The lowest BCUT2D eigenvalue weighted by Gasteiger charge is -2.46. The van der Waals surface area contributed by atoms with Gasteiger partial charge in [0, 0.05) is 31.4 Å². The summed E-state index contributed by atoms with van der Waals surface area (Å²) >= 11 is 0. The molecule has 7 atom stereocenters. The predicted octanol–water partition coefficient (Wildman–Crippen LogP) is 12.3. The maximum atomic E-state index is 15.2. The normalized spacial score (nSPS) is 17.4. The van der Waals surface area contributed by atoms with Crippen molar-refractivity contribution in [3.05, 3.63) is 96.1 Å². The molecule has 0 aromatic heterocycles. The van der Waals surface area contributed by atoms with Gasteiger partial charge in [-0.25, -0.2) is 4.79 Å². The molecule has 1 aliphatic heterocycles. The summed E-state index contributed by atoms with van der Waals surface area (Å²) in [5.74, 6) is 13.1. The van der Waals surface area contributed by atoms with Crippen molar-refractivity contribution in [2.24, 2.45) is 17.8 Å². The Morgan fingerprint density at radius 2 is 1.40 bits per heavy atom. The highest BCUT2D eigenvalue weighted by atomic mass is 28.4. The number of esters is 1. The van der Waals surface area contributed by atoms with Gasteiger partial charge in [0.05, 0.1) is 33.0 Å². The first-order chi connectivity index (χ1) is 32.2. The maximum Gasteiger partial charge on any atom is 0.342 e. The van der Waals surface area contributed by atoms with Crippen LogP contribution in [0.3, 0.4) is 0 Å².